The van der Waals surface area contributed by atoms with Gasteiger partial charge in [-0.1, -0.05) is 19.8 Å². The van der Waals surface area contributed by atoms with Gasteiger partial charge in [0.25, 0.3) is 0 Å². The van der Waals surface area contributed by atoms with Gasteiger partial charge in [-0.3, -0.25) is 9.48 Å². The molecule has 0 spiro atoms. The summed E-state index contributed by atoms with van der Waals surface area (Å²) in [5, 5.41) is 4.56. The number of nitrogens with zero attached hydrogens (tertiary/aromatic N) is 2. The van der Waals surface area contributed by atoms with E-state index >= 15 is 0 Å². The zero-order chi connectivity index (χ0) is 14.8. The number of hydrogen-bond donors (Lipinski definition) is 1. The number of aryl methyl sites for hydroxylation is 2. The molecule has 2 rings (SSSR count). The Morgan fingerprint density at radius 2 is 2.05 bits per heavy atom. The van der Waals surface area contributed by atoms with Gasteiger partial charge in [-0.2, -0.15) is 5.10 Å². The van der Waals surface area contributed by atoms with E-state index in [1.165, 1.54) is 0 Å². The molecule has 0 aromatic carbocycles. The molecule has 4 nitrogen and oxygen atoms in total. The van der Waals surface area contributed by atoms with Crippen LogP contribution in [0.2, 0.25) is 0 Å². The third kappa shape index (κ3) is 2.70. The first-order valence-electron chi connectivity index (χ1n) is 7.55. The molecule has 20 heavy (non-hydrogen) atoms. The minimum atomic E-state index is -0.283. The Morgan fingerprint density at radius 3 is 2.55 bits per heavy atom. The van der Waals surface area contributed by atoms with Crippen LogP contribution in [0.1, 0.15) is 50.9 Å². The van der Waals surface area contributed by atoms with E-state index in [-0.39, 0.29) is 11.2 Å². The molecule has 1 saturated carbocycles. The van der Waals surface area contributed by atoms with Gasteiger partial charge in [0, 0.05) is 18.5 Å². The monoisotopic (exact) mass is 341 g/mol. The van der Waals surface area contributed by atoms with Crippen LogP contribution in [-0.4, -0.2) is 22.1 Å². The Hall–Kier alpha value is -0.680. The highest BCUT2D eigenvalue weighted by molar-refractivity contribution is 9.10. The molecule has 1 aromatic heterocycles. The summed E-state index contributed by atoms with van der Waals surface area (Å²) in [5.41, 5.74) is 7.66. The number of Topliss-reactive ketones (excluding diaryl/α,β-unsaturated/α-hetero) is 1. The summed E-state index contributed by atoms with van der Waals surface area (Å²) in [7, 11) is 0. The van der Waals surface area contributed by atoms with Gasteiger partial charge in [0.15, 0.2) is 0 Å². The molecular weight excluding hydrogens is 318 g/mol. The predicted molar refractivity (Wildman–Crippen MR) is 83.6 cm³/mol. The van der Waals surface area contributed by atoms with Crippen molar-refractivity contribution >= 4 is 21.7 Å². The first-order chi connectivity index (χ1) is 9.57. The van der Waals surface area contributed by atoms with Crippen molar-refractivity contribution in [3.63, 3.8) is 0 Å². The quantitative estimate of drug-likeness (QED) is 0.865. The number of carbonyl (C=O) groups is 1. The zero-order valence-electron chi connectivity index (χ0n) is 12.4. The number of hydrogen-bond acceptors (Lipinski definition) is 3. The molecule has 0 radical (unpaired) electrons. The van der Waals surface area contributed by atoms with Gasteiger partial charge in [0.1, 0.15) is 5.78 Å². The third-order valence-corrected chi connectivity index (χ3v) is 5.48. The van der Waals surface area contributed by atoms with Crippen LogP contribution >= 0.6 is 15.9 Å². The van der Waals surface area contributed by atoms with Crippen LogP contribution < -0.4 is 5.73 Å². The second-order valence-electron chi connectivity index (χ2n) is 5.67. The predicted octanol–water partition coefficient (Wildman–Crippen LogP) is 2.86. The summed E-state index contributed by atoms with van der Waals surface area (Å²) in [6.45, 7) is 5.40. The summed E-state index contributed by atoms with van der Waals surface area (Å²) >= 11 is 3.61. The topological polar surface area (TPSA) is 60.9 Å². The average molecular weight is 342 g/mol. The SMILES string of the molecule is CCc1nn(CC)c(CC(=O)C2(CN)CCCC2)c1Br. The number of rotatable bonds is 6. The van der Waals surface area contributed by atoms with E-state index in [9.17, 15) is 4.79 Å². The Bertz CT molecular complexity index is 490. The molecule has 0 atom stereocenters. The largest absolute Gasteiger partial charge is 0.329 e. The summed E-state index contributed by atoms with van der Waals surface area (Å²) in [5.74, 6) is 0.287. The van der Waals surface area contributed by atoms with E-state index in [1.807, 2.05) is 4.68 Å². The fraction of sp³-hybridized carbons (Fsp3) is 0.733. The molecule has 0 amide bonds. The molecular formula is C15H24BrN3O. The van der Waals surface area contributed by atoms with Gasteiger partial charge in [0.05, 0.1) is 22.3 Å². The van der Waals surface area contributed by atoms with Crippen molar-refractivity contribution in [2.75, 3.05) is 6.54 Å². The lowest BCUT2D eigenvalue weighted by Crippen LogP contribution is -2.37. The van der Waals surface area contributed by atoms with Crippen LogP contribution in [0, 0.1) is 5.41 Å². The normalized spacial score (nSPS) is 17.6. The highest BCUT2D eigenvalue weighted by Gasteiger charge is 2.39. The first-order valence-corrected chi connectivity index (χ1v) is 8.34. The van der Waals surface area contributed by atoms with E-state index in [0.29, 0.717) is 13.0 Å². The molecule has 112 valence electrons. The molecule has 1 aliphatic carbocycles. The fourth-order valence-corrected chi connectivity index (χ4v) is 3.88. The van der Waals surface area contributed by atoms with Crippen molar-refractivity contribution in [3.05, 3.63) is 15.9 Å². The lowest BCUT2D eigenvalue weighted by atomic mass is 9.80. The Kier molecular flexibility index (Phi) is 5.02. The molecule has 1 fully saturated rings. The number of carbonyl (C=O) groups excluding carboxylic acids is 1. The first kappa shape index (κ1) is 15.7. The summed E-state index contributed by atoms with van der Waals surface area (Å²) in [6.07, 6.45) is 5.45. The maximum atomic E-state index is 12.7. The summed E-state index contributed by atoms with van der Waals surface area (Å²) in [4.78, 5) is 12.7. The molecule has 2 N–H and O–H groups in total. The zero-order valence-corrected chi connectivity index (χ0v) is 14.0. The van der Waals surface area contributed by atoms with Crippen LogP contribution in [-0.2, 0) is 24.2 Å². The van der Waals surface area contributed by atoms with E-state index in [0.717, 1.165) is 54.5 Å². The lowest BCUT2D eigenvalue weighted by Gasteiger charge is -2.25. The lowest BCUT2D eigenvalue weighted by molar-refractivity contribution is -0.127. The minimum Gasteiger partial charge on any atom is -0.329 e. The minimum absolute atomic E-state index is 0.283. The molecule has 0 unspecified atom stereocenters. The van der Waals surface area contributed by atoms with Gasteiger partial charge in [-0.15, -0.1) is 0 Å². The maximum absolute atomic E-state index is 12.7. The van der Waals surface area contributed by atoms with Gasteiger partial charge < -0.3 is 5.73 Å². The molecule has 5 heteroatoms. The van der Waals surface area contributed by atoms with Crippen LogP contribution in [0.5, 0.6) is 0 Å². The van der Waals surface area contributed by atoms with Crippen molar-refractivity contribution < 1.29 is 4.79 Å². The fourth-order valence-electron chi connectivity index (χ4n) is 3.17. The van der Waals surface area contributed by atoms with Crippen LogP contribution in [0.25, 0.3) is 0 Å². The second kappa shape index (κ2) is 6.39. The molecule has 1 aromatic rings. The van der Waals surface area contributed by atoms with Crippen molar-refractivity contribution in [1.29, 1.82) is 0 Å². The van der Waals surface area contributed by atoms with Crippen molar-refractivity contribution in [1.82, 2.24) is 9.78 Å². The number of ketones is 1. The Balaban J connectivity index is 2.25. The van der Waals surface area contributed by atoms with Gasteiger partial charge in [-0.05, 0) is 42.1 Å². The standard InChI is InChI=1S/C15H24BrN3O/c1-3-11-14(16)12(19(4-2)18-11)9-13(20)15(10-17)7-5-6-8-15/h3-10,17H2,1-2H3. The highest BCUT2D eigenvalue weighted by atomic mass is 79.9. The van der Waals surface area contributed by atoms with E-state index in [4.69, 9.17) is 5.73 Å². The maximum Gasteiger partial charge on any atom is 0.146 e. The second-order valence-corrected chi connectivity index (χ2v) is 6.46. The molecule has 0 bridgehead atoms. The third-order valence-electron chi connectivity index (χ3n) is 4.57. The molecule has 0 aliphatic heterocycles. The van der Waals surface area contributed by atoms with Crippen LogP contribution in [0.3, 0.4) is 0 Å². The summed E-state index contributed by atoms with van der Waals surface area (Å²) < 4.78 is 2.94. The average Bonchev–Trinajstić information content (AvgIpc) is 3.06. The van der Waals surface area contributed by atoms with Crippen LogP contribution in [0.4, 0.5) is 0 Å². The Labute approximate surface area is 129 Å². The smallest absolute Gasteiger partial charge is 0.146 e. The number of nitrogens with two attached hydrogens (primary N) is 1. The van der Waals surface area contributed by atoms with Crippen molar-refractivity contribution in [2.45, 2.75) is 58.9 Å². The Morgan fingerprint density at radius 1 is 1.40 bits per heavy atom. The van der Waals surface area contributed by atoms with Gasteiger partial charge in [0.2, 0.25) is 0 Å². The molecule has 0 saturated heterocycles. The van der Waals surface area contributed by atoms with Gasteiger partial charge >= 0.3 is 0 Å². The van der Waals surface area contributed by atoms with Crippen molar-refractivity contribution in [3.8, 4) is 0 Å². The molecule has 1 aliphatic rings. The van der Waals surface area contributed by atoms with E-state index in [1.54, 1.807) is 0 Å². The van der Waals surface area contributed by atoms with Crippen LogP contribution in [0.15, 0.2) is 4.47 Å². The molecule has 1 heterocycles. The number of aromatic nitrogens is 2. The van der Waals surface area contributed by atoms with Crippen molar-refractivity contribution in [2.24, 2.45) is 11.1 Å². The number of halogens is 1. The van der Waals surface area contributed by atoms with E-state index < -0.39 is 0 Å². The summed E-state index contributed by atoms with van der Waals surface area (Å²) in [6, 6.07) is 0. The van der Waals surface area contributed by atoms with Gasteiger partial charge in [-0.25, -0.2) is 0 Å². The van der Waals surface area contributed by atoms with E-state index in [2.05, 4.69) is 34.9 Å². The highest BCUT2D eigenvalue weighted by Crippen LogP contribution is 2.39.